The number of hydrogen-bond acceptors (Lipinski definition) is 5. The molecule has 2 aromatic heterocycles. The number of hydrogen-bond donors (Lipinski definition) is 0. The molecular formula is C23H25N5O. The highest BCUT2D eigenvalue weighted by atomic mass is 16.4. The van der Waals surface area contributed by atoms with E-state index >= 15 is 0 Å². The van der Waals surface area contributed by atoms with Crippen molar-refractivity contribution in [2.24, 2.45) is 5.41 Å². The Labute approximate surface area is 170 Å². The van der Waals surface area contributed by atoms with Crippen molar-refractivity contribution in [3.05, 3.63) is 53.9 Å². The van der Waals surface area contributed by atoms with Crippen molar-refractivity contribution < 1.29 is 4.42 Å². The van der Waals surface area contributed by atoms with Crippen molar-refractivity contribution in [3.8, 4) is 17.1 Å². The van der Waals surface area contributed by atoms with Crippen LogP contribution in [0.15, 0.2) is 46.9 Å². The zero-order chi connectivity index (χ0) is 20.3. The van der Waals surface area contributed by atoms with Crippen molar-refractivity contribution in [1.29, 1.82) is 0 Å². The van der Waals surface area contributed by atoms with E-state index in [1.54, 1.807) is 0 Å². The summed E-state index contributed by atoms with van der Waals surface area (Å²) < 4.78 is 7.89. The van der Waals surface area contributed by atoms with Gasteiger partial charge in [0.15, 0.2) is 17.2 Å². The molecule has 0 amide bonds. The molecule has 0 bridgehead atoms. The van der Waals surface area contributed by atoms with Gasteiger partial charge in [0.05, 0.1) is 5.69 Å². The summed E-state index contributed by atoms with van der Waals surface area (Å²) in [5.41, 5.74) is 4.93. The maximum absolute atomic E-state index is 5.92. The third-order valence-electron chi connectivity index (χ3n) is 5.82. The topological polar surface area (TPSA) is 60.0 Å². The minimum atomic E-state index is 0.257. The Hall–Kier alpha value is -3.15. The number of anilines is 1. The van der Waals surface area contributed by atoms with Crippen LogP contribution in [-0.2, 0) is 0 Å². The molecule has 6 heteroatoms. The molecular weight excluding hydrogens is 362 g/mol. The molecule has 4 aromatic rings. The minimum Gasteiger partial charge on any atom is -0.423 e. The highest BCUT2D eigenvalue weighted by molar-refractivity contribution is 5.90. The third-order valence-corrected chi connectivity index (χ3v) is 5.82. The summed E-state index contributed by atoms with van der Waals surface area (Å²) in [4.78, 5) is 11.6. The van der Waals surface area contributed by atoms with Crippen LogP contribution in [0.2, 0.25) is 0 Å². The van der Waals surface area contributed by atoms with E-state index in [1.165, 1.54) is 0 Å². The Bertz CT molecular complexity index is 1220. The fourth-order valence-corrected chi connectivity index (χ4v) is 3.84. The number of para-hydroxylation sites is 2. The lowest BCUT2D eigenvalue weighted by Crippen LogP contribution is -2.08. The molecule has 0 N–H and O–H groups in total. The molecule has 0 spiro atoms. The summed E-state index contributed by atoms with van der Waals surface area (Å²) in [6, 6.07) is 14.8. The second-order valence-corrected chi connectivity index (χ2v) is 8.78. The van der Waals surface area contributed by atoms with Crippen LogP contribution < -0.4 is 4.90 Å². The number of fused-ring (bicyclic) bond motifs is 1. The van der Waals surface area contributed by atoms with E-state index in [0.29, 0.717) is 11.9 Å². The zero-order valence-electron chi connectivity index (χ0n) is 17.5. The molecule has 2 heterocycles. The number of benzene rings is 2. The summed E-state index contributed by atoms with van der Waals surface area (Å²) in [5, 5.41) is 4.96. The minimum absolute atomic E-state index is 0.257. The summed E-state index contributed by atoms with van der Waals surface area (Å²) in [7, 11) is 3.85. The lowest BCUT2D eigenvalue weighted by molar-refractivity contribution is 0.597. The quantitative estimate of drug-likeness (QED) is 0.495. The van der Waals surface area contributed by atoms with Gasteiger partial charge in [0, 0.05) is 25.6 Å². The number of aryl methyl sites for hydroxylation is 1. The molecule has 1 atom stereocenters. The van der Waals surface area contributed by atoms with E-state index in [-0.39, 0.29) is 5.41 Å². The summed E-state index contributed by atoms with van der Waals surface area (Å²) >= 11 is 0. The van der Waals surface area contributed by atoms with Crippen LogP contribution in [-0.4, -0.2) is 33.8 Å². The van der Waals surface area contributed by atoms with Gasteiger partial charge in [-0.2, -0.15) is 10.1 Å². The Morgan fingerprint density at radius 2 is 1.83 bits per heavy atom. The number of nitrogens with zero attached hydrogens (tertiary/aromatic N) is 5. The largest absolute Gasteiger partial charge is 0.423 e. The van der Waals surface area contributed by atoms with Gasteiger partial charge in [-0.15, -0.1) is 0 Å². The first-order valence-electron chi connectivity index (χ1n) is 9.95. The summed E-state index contributed by atoms with van der Waals surface area (Å²) in [6.07, 6.45) is 1.11. The van der Waals surface area contributed by atoms with E-state index in [9.17, 15) is 0 Å². The Kier molecular flexibility index (Phi) is 3.81. The SMILES string of the molecule is Cc1ccccc1-n1nc(C2CC2(C)C)nc1-c1cccc2oc(N(C)C)nc12. The molecule has 6 nitrogen and oxygen atoms in total. The Morgan fingerprint density at radius 3 is 2.52 bits per heavy atom. The fourth-order valence-electron chi connectivity index (χ4n) is 3.84. The summed E-state index contributed by atoms with van der Waals surface area (Å²) in [6.45, 7) is 6.64. The van der Waals surface area contributed by atoms with E-state index in [2.05, 4.69) is 32.9 Å². The van der Waals surface area contributed by atoms with Crippen molar-refractivity contribution in [3.63, 3.8) is 0 Å². The van der Waals surface area contributed by atoms with Crippen LogP contribution in [0, 0.1) is 12.3 Å². The predicted octanol–water partition coefficient (Wildman–Crippen LogP) is 4.96. The molecule has 2 aromatic carbocycles. The van der Waals surface area contributed by atoms with Crippen LogP contribution in [0.4, 0.5) is 6.01 Å². The molecule has 148 valence electrons. The van der Waals surface area contributed by atoms with Gasteiger partial charge in [0.2, 0.25) is 0 Å². The van der Waals surface area contributed by atoms with E-state index < -0.39 is 0 Å². The van der Waals surface area contributed by atoms with Crippen LogP contribution in [0.1, 0.15) is 37.6 Å². The molecule has 1 saturated carbocycles. The molecule has 29 heavy (non-hydrogen) atoms. The van der Waals surface area contributed by atoms with Gasteiger partial charge in [0.25, 0.3) is 6.01 Å². The van der Waals surface area contributed by atoms with E-state index in [4.69, 9.17) is 19.5 Å². The zero-order valence-corrected chi connectivity index (χ0v) is 17.5. The molecule has 1 aliphatic rings. The van der Waals surface area contributed by atoms with Crippen molar-refractivity contribution in [2.45, 2.75) is 33.1 Å². The number of aromatic nitrogens is 4. The second kappa shape index (κ2) is 6.17. The first-order chi connectivity index (χ1) is 13.8. The molecule has 1 aliphatic carbocycles. The van der Waals surface area contributed by atoms with Gasteiger partial charge in [-0.25, -0.2) is 9.67 Å². The molecule has 0 saturated heterocycles. The van der Waals surface area contributed by atoms with Gasteiger partial charge >= 0.3 is 0 Å². The number of oxazole rings is 1. The molecule has 0 aliphatic heterocycles. The monoisotopic (exact) mass is 387 g/mol. The van der Waals surface area contributed by atoms with Crippen molar-refractivity contribution >= 4 is 17.1 Å². The van der Waals surface area contributed by atoms with Gasteiger partial charge in [0.1, 0.15) is 5.52 Å². The highest BCUT2D eigenvalue weighted by Gasteiger charge is 2.49. The standard InChI is InChI=1S/C23H25N5O/c1-14-9-6-7-11-17(14)28-21(25-20(26-28)16-13-23(16,2)3)15-10-8-12-18-19(15)24-22(29-18)27(4)5/h6-12,16H,13H2,1-5H3. The predicted molar refractivity (Wildman–Crippen MR) is 115 cm³/mol. The second-order valence-electron chi connectivity index (χ2n) is 8.78. The molecule has 1 fully saturated rings. The lowest BCUT2D eigenvalue weighted by atomic mass is 10.1. The maximum atomic E-state index is 5.92. The van der Waals surface area contributed by atoms with Crippen LogP contribution >= 0.6 is 0 Å². The first kappa shape index (κ1) is 17.9. The van der Waals surface area contributed by atoms with E-state index in [0.717, 1.165) is 46.0 Å². The van der Waals surface area contributed by atoms with Crippen molar-refractivity contribution in [1.82, 2.24) is 19.7 Å². The Morgan fingerprint density at radius 1 is 1.07 bits per heavy atom. The normalized spacial score (nSPS) is 17.6. The average Bonchev–Trinajstić information content (AvgIpc) is 3.05. The highest BCUT2D eigenvalue weighted by Crippen LogP contribution is 2.57. The fraction of sp³-hybridized carbons (Fsp3) is 0.348. The maximum Gasteiger partial charge on any atom is 0.297 e. The van der Waals surface area contributed by atoms with Gasteiger partial charge in [-0.1, -0.05) is 38.1 Å². The first-order valence-corrected chi connectivity index (χ1v) is 9.95. The molecule has 5 rings (SSSR count). The Balaban J connectivity index is 1.74. The third kappa shape index (κ3) is 2.90. The lowest BCUT2D eigenvalue weighted by Gasteiger charge is -2.09. The van der Waals surface area contributed by atoms with Crippen LogP contribution in [0.5, 0.6) is 0 Å². The van der Waals surface area contributed by atoms with Gasteiger partial charge < -0.3 is 9.32 Å². The molecule has 0 radical (unpaired) electrons. The average molecular weight is 387 g/mol. The van der Waals surface area contributed by atoms with E-state index in [1.807, 2.05) is 54.0 Å². The number of rotatable bonds is 4. The van der Waals surface area contributed by atoms with Crippen LogP contribution in [0.3, 0.4) is 0 Å². The summed E-state index contributed by atoms with van der Waals surface area (Å²) in [5.74, 6) is 2.10. The smallest absolute Gasteiger partial charge is 0.297 e. The molecule has 1 unspecified atom stereocenters. The van der Waals surface area contributed by atoms with Gasteiger partial charge in [-0.3, -0.25) is 0 Å². The van der Waals surface area contributed by atoms with Crippen LogP contribution in [0.25, 0.3) is 28.2 Å². The van der Waals surface area contributed by atoms with Crippen molar-refractivity contribution in [2.75, 3.05) is 19.0 Å². The van der Waals surface area contributed by atoms with Gasteiger partial charge in [-0.05, 0) is 42.5 Å².